The molecule has 1 unspecified atom stereocenters. The fraction of sp³-hybridized carbons (Fsp3) is 0.500. The molecule has 1 aromatic carbocycles. The van der Waals surface area contributed by atoms with Gasteiger partial charge in [0.2, 0.25) is 0 Å². The second-order valence-electron chi connectivity index (χ2n) is 4.47. The van der Waals surface area contributed by atoms with Crippen LogP contribution in [0.3, 0.4) is 0 Å². The number of nitrogens with two attached hydrogens (primary N) is 1. The number of piperidine rings is 1. The number of halogens is 1. The number of hydrogen-bond donors (Lipinski definition) is 1. The van der Waals surface area contributed by atoms with Gasteiger partial charge in [0.1, 0.15) is 5.69 Å². The van der Waals surface area contributed by atoms with Gasteiger partial charge in [-0.15, -0.1) is 0 Å². The van der Waals surface area contributed by atoms with Crippen molar-refractivity contribution < 1.29 is 4.92 Å². The second-order valence-corrected chi connectivity index (χ2v) is 4.91. The number of nitro benzene ring substituents is 1. The molecule has 2 rings (SSSR count). The molecule has 0 bridgehead atoms. The lowest BCUT2D eigenvalue weighted by molar-refractivity contribution is -0.384. The summed E-state index contributed by atoms with van der Waals surface area (Å²) in [6.07, 6.45) is 3.12. The van der Waals surface area contributed by atoms with Crippen molar-refractivity contribution in [3.05, 3.63) is 33.3 Å². The van der Waals surface area contributed by atoms with E-state index < -0.39 is 0 Å². The Morgan fingerprint density at radius 1 is 1.50 bits per heavy atom. The lowest BCUT2D eigenvalue weighted by Gasteiger charge is -2.36. The van der Waals surface area contributed by atoms with Crippen LogP contribution in [0.1, 0.15) is 19.3 Å². The number of nitro groups is 1. The van der Waals surface area contributed by atoms with Crippen molar-refractivity contribution in [2.24, 2.45) is 5.73 Å². The van der Waals surface area contributed by atoms with Crippen molar-refractivity contribution >= 4 is 23.0 Å². The fourth-order valence-corrected chi connectivity index (χ4v) is 2.61. The SMILES string of the molecule is NCC1CCCCN1c1cc(Cl)ccc1[N+](=O)[O-]. The Morgan fingerprint density at radius 3 is 2.94 bits per heavy atom. The average Bonchev–Trinajstić information content (AvgIpc) is 2.38. The van der Waals surface area contributed by atoms with Gasteiger partial charge >= 0.3 is 0 Å². The molecule has 1 heterocycles. The molecule has 1 aliphatic heterocycles. The summed E-state index contributed by atoms with van der Waals surface area (Å²) >= 11 is 5.95. The zero-order valence-corrected chi connectivity index (χ0v) is 10.8. The molecule has 1 aliphatic rings. The van der Waals surface area contributed by atoms with Crippen molar-refractivity contribution in [3.8, 4) is 0 Å². The zero-order chi connectivity index (χ0) is 13.1. The van der Waals surface area contributed by atoms with Crippen molar-refractivity contribution in [1.29, 1.82) is 0 Å². The summed E-state index contributed by atoms with van der Waals surface area (Å²) in [5.74, 6) is 0. The minimum absolute atomic E-state index is 0.0970. The Kier molecular flexibility index (Phi) is 4.04. The molecule has 2 N–H and O–H groups in total. The van der Waals surface area contributed by atoms with Crippen LogP contribution in [0.4, 0.5) is 11.4 Å². The molecule has 1 aromatic rings. The molecule has 1 fully saturated rings. The number of nitrogens with zero attached hydrogens (tertiary/aromatic N) is 2. The third-order valence-corrected chi connectivity index (χ3v) is 3.58. The first-order valence-electron chi connectivity index (χ1n) is 6.04. The molecule has 0 aliphatic carbocycles. The highest BCUT2D eigenvalue weighted by atomic mass is 35.5. The first-order valence-corrected chi connectivity index (χ1v) is 6.42. The topological polar surface area (TPSA) is 72.4 Å². The molecule has 6 heteroatoms. The molecule has 5 nitrogen and oxygen atoms in total. The third kappa shape index (κ3) is 2.57. The monoisotopic (exact) mass is 269 g/mol. The van der Waals surface area contributed by atoms with E-state index in [2.05, 4.69) is 0 Å². The summed E-state index contributed by atoms with van der Waals surface area (Å²) in [4.78, 5) is 12.7. The molecule has 98 valence electrons. The van der Waals surface area contributed by atoms with Crippen LogP contribution >= 0.6 is 11.6 Å². The largest absolute Gasteiger partial charge is 0.362 e. The van der Waals surface area contributed by atoms with Gasteiger partial charge < -0.3 is 10.6 Å². The van der Waals surface area contributed by atoms with Gasteiger partial charge in [-0.2, -0.15) is 0 Å². The summed E-state index contributed by atoms with van der Waals surface area (Å²) in [5.41, 5.74) is 6.43. The summed E-state index contributed by atoms with van der Waals surface area (Å²) in [6.45, 7) is 1.30. The van der Waals surface area contributed by atoms with E-state index in [0.29, 0.717) is 17.3 Å². The molecule has 18 heavy (non-hydrogen) atoms. The van der Waals surface area contributed by atoms with Crippen LogP contribution in [-0.4, -0.2) is 24.1 Å². The van der Waals surface area contributed by atoms with Crippen LogP contribution < -0.4 is 10.6 Å². The standard InChI is InChI=1S/C12H16ClN3O2/c13-9-4-5-11(16(17)18)12(7-9)15-6-2-1-3-10(15)8-14/h4-5,7,10H,1-3,6,8,14H2. The van der Waals surface area contributed by atoms with E-state index in [1.54, 1.807) is 12.1 Å². The highest BCUT2D eigenvalue weighted by Crippen LogP contribution is 2.34. The van der Waals surface area contributed by atoms with Crippen LogP contribution in [-0.2, 0) is 0 Å². The fourth-order valence-electron chi connectivity index (χ4n) is 2.44. The zero-order valence-electron chi connectivity index (χ0n) is 10.0. The Bertz CT molecular complexity index is 453. The summed E-state index contributed by atoms with van der Waals surface area (Å²) in [5, 5.41) is 11.6. The highest BCUT2D eigenvalue weighted by Gasteiger charge is 2.27. The van der Waals surface area contributed by atoms with Gasteiger partial charge in [0.15, 0.2) is 0 Å². The Morgan fingerprint density at radius 2 is 2.28 bits per heavy atom. The number of benzene rings is 1. The van der Waals surface area contributed by atoms with Gasteiger partial charge in [-0.05, 0) is 31.4 Å². The van der Waals surface area contributed by atoms with E-state index in [0.717, 1.165) is 25.8 Å². The summed E-state index contributed by atoms with van der Waals surface area (Å²) in [7, 11) is 0. The molecule has 0 aromatic heterocycles. The lowest BCUT2D eigenvalue weighted by Crippen LogP contribution is -2.44. The smallest absolute Gasteiger partial charge is 0.292 e. The quantitative estimate of drug-likeness (QED) is 0.676. The molecule has 0 spiro atoms. The van der Waals surface area contributed by atoms with E-state index in [1.165, 1.54) is 6.07 Å². The van der Waals surface area contributed by atoms with Gasteiger partial charge in [0.25, 0.3) is 5.69 Å². The molecular formula is C12H16ClN3O2. The number of rotatable bonds is 3. The Hall–Kier alpha value is -1.33. The summed E-state index contributed by atoms with van der Waals surface area (Å²) in [6, 6.07) is 4.83. The van der Waals surface area contributed by atoms with E-state index in [9.17, 15) is 10.1 Å². The minimum Gasteiger partial charge on any atom is -0.362 e. The van der Waals surface area contributed by atoms with Crippen molar-refractivity contribution in [1.82, 2.24) is 0 Å². The molecule has 0 amide bonds. The van der Waals surface area contributed by atoms with Gasteiger partial charge in [-0.3, -0.25) is 10.1 Å². The number of hydrogen-bond acceptors (Lipinski definition) is 4. The first kappa shape index (κ1) is 13.1. The predicted octanol–water partition coefficient (Wildman–Crippen LogP) is 2.57. The van der Waals surface area contributed by atoms with Crippen LogP contribution in [0.2, 0.25) is 5.02 Å². The molecule has 1 saturated heterocycles. The minimum atomic E-state index is -0.367. The number of anilines is 1. The van der Waals surface area contributed by atoms with Gasteiger partial charge in [-0.25, -0.2) is 0 Å². The van der Waals surface area contributed by atoms with E-state index in [4.69, 9.17) is 17.3 Å². The van der Waals surface area contributed by atoms with Crippen molar-refractivity contribution in [3.63, 3.8) is 0 Å². The van der Waals surface area contributed by atoms with Crippen molar-refractivity contribution in [2.75, 3.05) is 18.0 Å². The maximum Gasteiger partial charge on any atom is 0.292 e. The van der Waals surface area contributed by atoms with Gasteiger partial charge in [0.05, 0.1) is 4.92 Å². The Labute approximate surface area is 111 Å². The van der Waals surface area contributed by atoms with Gasteiger partial charge in [-0.1, -0.05) is 11.6 Å². The van der Waals surface area contributed by atoms with E-state index >= 15 is 0 Å². The molecule has 0 radical (unpaired) electrons. The maximum atomic E-state index is 11.1. The third-order valence-electron chi connectivity index (χ3n) is 3.34. The molecular weight excluding hydrogens is 254 g/mol. The maximum absolute atomic E-state index is 11.1. The Balaban J connectivity index is 2.41. The highest BCUT2D eigenvalue weighted by molar-refractivity contribution is 6.31. The van der Waals surface area contributed by atoms with Gasteiger partial charge in [0, 0.05) is 30.2 Å². The molecule has 1 atom stereocenters. The van der Waals surface area contributed by atoms with E-state index in [1.807, 2.05) is 4.90 Å². The van der Waals surface area contributed by atoms with Crippen LogP contribution in [0, 0.1) is 10.1 Å². The molecule has 0 saturated carbocycles. The predicted molar refractivity (Wildman–Crippen MR) is 72.1 cm³/mol. The van der Waals surface area contributed by atoms with Crippen LogP contribution in [0.25, 0.3) is 0 Å². The van der Waals surface area contributed by atoms with E-state index in [-0.39, 0.29) is 16.7 Å². The van der Waals surface area contributed by atoms with Crippen LogP contribution in [0.5, 0.6) is 0 Å². The lowest BCUT2D eigenvalue weighted by atomic mass is 10.0. The first-order chi connectivity index (χ1) is 8.63. The van der Waals surface area contributed by atoms with Crippen LogP contribution in [0.15, 0.2) is 18.2 Å². The summed E-state index contributed by atoms with van der Waals surface area (Å²) < 4.78 is 0. The van der Waals surface area contributed by atoms with Crippen molar-refractivity contribution in [2.45, 2.75) is 25.3 Å². The average molecular weight is 270 g/mol. The second kappa shape index (κ2) is 5.54. The normalized spacial score (nSPS) is 19.9.